The zero-order valence-corrected chi connectivity index (χ0v) is 16.3. The molecule has 1 N–H and O–H groups in total. The number of carbonyl (C=O) groups is 1. The highest BCUT2D eigenvalue weighted by Gasteiger charge is 2.32. The van der Waals surface area contributed by atoms with E-state index in [9.17, 15) is 4.79 Å². The Labute approximate surface area is 165 Å². The maximum atomic E-state index is 12.8. The Kier molecular flexibility index (Phi) is 6.44. The average molecular weight is 392 g/mol. The van der Waals surface area contributed by atoms with Crippen LogP contribution in [0.15, 0.2) is 28.9 Å². The minimum Gasteiger partial charge on any atom is -0.342 e. The van der Waals surface area contributed by atoms with Crippen molar-refractivity contribution in [1.29, 1.82) is 0 Å². The summed E-state index contributed by atoms with van der Waals surface area (Å²) in [5.41, 5.74) is 0.718. The fourth-order valence-corrected chi connectivity index (χ4v) is 3.96. The minimum atomic E-state index is 0. The number of carbonyl (C=O) groups excluding carboxylic acids is 1. The van der Waals surface area contributed by atoms with Crippen molar-refractivity contribution < 1.29 is 9.32 Å². The maximum Gasteiger partial charge on any atom is 0.230 e. The summed E-state index contributed by atoms with van der Waals surface area (Å²) in [7, 11) is 0. The zero-order chi connectivity index (χ0) is 17.9. The SMILES string of the molecule is C[C@H]1C[C@@H](C(=O)N2CCC(c3nc(-c4ccccn4)no3)CC2)CCN1.Cl. The van der Waals surface area contributed by atoms with Gasteiger partial charge in [0.15, 0.2) is 0 Å². The van der Waals surface area contributed by atoms with Gasteiger partial charge in [0, 0.05) is 37.2 Å². The van der Waals surface area contributed by atoms with E-state index in [0.29, 0.717) is 23.7 Å². The number of aromatic nitrogens is 3. The highest BCUT2D eigenvalue weighted by atomic mass is 35.5. The molecule has 0 spiro atoms. The van der Waals surface area contributed by atoms with Crippen molar-refractivity contribution in [3.05, 3.63) is 30.3 Å². The van der Waals surface area contributed by atoms with E-state index in [1.165, 1.54) is 0 Å². The molecule has 0 bridgehead atoms. The first kappa shape index (κ1) is 19.8. The molecule has 7 nitrogen and oxygen atoms in total. The predicted octanol–water partition coefficient (Wildman–Crippen LogP) is 2.65. The number of amides is 1. The van der Waals surface area contributed by atoms with E-state index in [1.54, 1.807) is 6.20 Å². The third-order valence-electron chi connectivity index (χ3n) is 5.46. The molecule has 1 amide bonds. The van der Waals surface area contributed by atoms with Crippen molar-refractivity contribution in [2.24, 2.45) is 5.92 Å². The van der Waals surface area contributed by atoms with Gasteiger partial charge in [-0.15, -0.1) is 12.4 Å². The lowest BCUT2D eigenvalue weighted by atomic mass is 9.90. The van der Waals surface area contributed by atoms with Gasteiger partial charge >= 0.3 is 0 Å². The number of likely N-dealkylation sites (tertiary alicyclic amines) is 1. The van der Waals surface area contributed by atoms with Crippen molar-refractivity contribution in [3.8, 4) is 11.5 Å². The first-order valence-corrected chi connectivity index (χ1v) is 9.48. The zero-order valence-electron chi connectivity index (χ0n) is 15.5. The van der Waals surface area contributed by atoms with Crippen molar-refractivity contribution in [2.45, 2.75) is 44.6 Å². The highest BCUT2D eigenvalue weighted by molar-refractivity contribution is 5.85. The Balaban J connectivity index is 0.00000210. The standard InChI is InChI=1S/C19H25N5O2.ClH/c1-13-12-15(5-9-20-13)19(25)24-10-6-14(7-11-24)18-22-17(23-26-18)16-4-2-3-8-21-16;/h2-4,8,13-15,20H,5-7,9-12H2,1H3;1H/t13-,15-;/m0./s1. The summed E-state index contributed by atoms with van der Waals surface area (Å²) in [6, 6.07) is 6.07. The molecular formula is C19H26ClN5O2. The van der Waals surface area contributed by atoms with Gasteiger partial charge in [-0.3, -0.25) is 9.78 Å². The summed E-state index contributed by atoms with van der Waals surface area (Å²) in [6.07, 6.45) is 5.35. The summed E-state index contributed by atoms with van der Waals surface area (Å²) < 4.78 is 5.47. The van der Waals surface area contributed by atoms with Crippen LogP contribution < -0.4 is 5.32 Å². The number of pyridine rings is 1. The van der Waals surface area contributed by atoms with E-state index in [2.05, 4.69) is 27.4 Å². The number of rotatable bonds is 3. The van der Waals surface area contributed by atoms with Crippen LogP contribution in [-0.2, 0) is 4.79 Å². The predicted molar refractivity (Wildman–Crippen MR) is 104 cm³/mol. The molecular weight excluding hydrogens is 366 g/mol. The second-order valence-corrected chi connectivity index (χ2v) is 7.35. The van der Waals surface area contributed by atoms with Crippen molar-refractivity contribution in [1.82, 2.24) is 25.3 Å². The smallest absolute Gasteiger partial charge is 0.230 e. The van der Waals surface area contributed by atoms with E-state index in [0.717, 1.165) is 51.0 Å². The van der Waals surface area contributed by atoms with Crippen LogP contribution in [0.1, 0.15) is 44.4 Å². The molecule has 8 heteroatoms. The molecule has 2 aromatic rings. The molecule has 2 saturated heterocycles. The first-order valence-electron chi connectivity index (χ1n) is 9.48. The lowest BCUT2D eigenvalue weighted by molar-refractivity contribution is -0.137. The largest absolute Gasteiger partial charge is 0.342 e. The lowest BCUT2D eigenvalue weighted by Crippen LogP contribution is -2.46. The number of hydrogen-bond donors (Lipinski definition) is 1. The van der Waals surface area contributed by atoms with Crippen LogP contribution in [0.25, 0.3) is 11.5 Å². The van der Waals surface area contributed by atoms with Crippen molar-refractivity contribution in [3.63, 3.8) is 0 Å². The van der Waals surface area contributed by atoms with Crippen molar-refractivity contribution >= 4 is 18.3 Å². The van der Waals surface area contributed by atoms with Gasteiger partial charge in [0.25, 0.3) is 0 Å². The molecule has 0 aromatic carbocycles. The number of nitrogens with one attached hydrogen (secondary N) is 1. The molecule has 2 aliphatic heterocycles. The molecule has 27 heavy (non-hydrogen) atoms. The van der Waals surface area contributed by atoms with E-state index in [-0.39, 0.29) is 24.2 Å². The van der Waals surface area contributed by atoms with Gasteiger partial charge in [-0.05, 0) is 51.3 Å². The Bertz CT molecular complexity index is 746. The Morgan fingerprint density at radius 2 is 2.07 bits per heavy atom. The van der Waals surface area contributed by atoms with Gasteiger partial charge in [0.1, 0.15) is 5.69 Å². The van der Waals surface area contributed by atoms with Crippen LogP contribution in [0.2, 0.25) is 0 Å². The molecule has 4 rings (SSSR count). The van der Waals surface area contributed by atoms with Crippen LogP contribution in [0.3, 0.4) is 0 Å². The van der Waals surface area contributed by atoms with Crippen LogP contribution in [0.5, 0.6) is 0 Å². The van der Waals surface area contributed by atoms with Gasteiger partial charge < -0.3 is 14.7 Å². The third kappa shape index (κ3) is 4.47. The van der Waals surface area contributed by atoms with Crippen molar-refractivity contribution in [2.75, 3.05) is 19.6 Å². The summed E-state index contributed by atoms with van der Waals surface area (Å²) in [5.74, 6) is 1.89. The van der Waals surface area contributed by atoms with Gasteiger partial charge in [-0.25, -0.2) is 0 Å². The van der Waals surface area contributed by atoms with Crippen LogP contribution in [-0.4, -0.2) is 51.6 Å². The van der Waals surface area contributed by atoms with E-state index in [4.69, 9.17) is 4.52 Å². The Morgan fingerprint density at radius 3 is 2.78 bits per heavy atom. The van der Waals surface area contributed by atoms with Crippen LogP contribution in [0.4, 0.5) is 0 Å². The Hall–Kier alpha value is -1.99. The fraction of sp³-hybridized carbons (Fsp3) is 0.579. The molecule has 2 fully saturated rings. The molecule has 0 unspecified atom stereocenters. The summed E-state index contributed by atoms with van der Waals surface area (Å²) >= 11 is 0. The third-order valence-corrected chi connectivity index (χ3v) is 5.46. The maximum absolute atomic E-state index is 12.8. The summed E-state index contributed by atoms with van der Waals surface area (Å²) in [6.45, 7) is 4.62. The molecule has 0 aliphatic carbocycles. The normalized spacial score (nSPS) is 23.7. The summed E-state index contributed by atoms with van der Waals surface area (Å²) in [4.78, 5) is 23.6. The molecule has 4 heterocycles. The van der Waals surface area contributed by atoms with Gasteiger partial charge in [-0.1, -0.05) is 11.2 Å². The molecule has 2 aliphatic rings. The Morgan fingerprint density at radius 1 is 1.26 bits per heavy atom. The second kappa shape index (κ2) is 8.80. The molecule has 2 aromatic heterocycles. The second-order valence-electron chi connectivity index (χ2n) is 7.35. The van der Waals surface area contributed by atoms with Crippen LogP contribution in [0, 0.1) is 5.92 Å². The summed E-state index contributed by atoms with van der Waals surface area (Å²) in [5, 5.41) is 7.47. The van der Waals surface area contributed by atoms with Crippen LogP contribution >= 0.6 is 12.4 Å². The van der Waals surface area contributed by atoms with E-state index >= 15 is 0 Å². The number of piperidine rings is 2. The molecule has 0 saturated carbocycles. The monoisotopic (exact) mass is 391 g/mol. The fourth-order valence-electron chi connectivity index (χ4n) is 3.96. The van der Waals surface area contributed by atoms with E-state index in [1.807, 2.05) is 23.1 Å². The topological polar surface area (TPSA) is 84.2 Å². The minimum absolute atomic E-state index is 0. The molecule has 2 atom stereocenters. The number of hydrogen-bond acceptors (Lipinski definition) is 6. The number of halogens is 1. The highest BCUT2D eigenvalue weighted by Crippen LogP contribution is 2.30. The van der Waals surface area contributed by atoms with Gasteiger partial charge in [-0.2, -0.15) is 4.98 Å². The average Bonchev–Trinajstić information content (AvgIpc) is 3.18. The molecule has 0 radical (unpaired) electrons. The number of nitrogens with zero attached hydrogens (tertiary/aromatic N) is 4. The quantitative estimate of drug-likeness (QED) is 0.865. The van der Waals surface area contributed by atoms with E-state index < -0.39 is 0 Å². The molecule has 146 valence electrons. The lowest BCUT2D eigenvalue weighted by Gasteiger charge is -2.35. The first-order chi connectivity index (χ1) is 12.7. The van der Waals surface area contributed by atoms with Gasteiger partial charge in [0.2, 0.25) is 17.6 Å². The van der Waals surface area contributed by atoms with Gasteiger partial charge in [0.05, 0.1) is 0 Å².